The number of aliphatic hydroxyl groups is 1. The largest absolute Gasteiger partial charge is 0.396 e. The maximum Gasteiger partial charge on any atom is 0.220 e. The minimum atomic E-state index is -0.0418. The molecule has 0 atom stereocenters. The van der Waals surface area contributed by atoms with Gasteiger partial charge in [0.1, 0.15) is 0 Å². The van der Waals surface area contributed by atoms with E-state index >= 15 is 0 Å². The summed E-state index contributed by atoms with van der Waals surface area (Å²) in [7, 11) is 0. The van der Waals surface area contributed by atoms with Gasteiger partial charge in [-0.1, -0.05) is 20.3 Å². The standard InChI is InChI=1S/C13H26N2O2/c1-12(2,6-7-16)10-15-11(17)8-13(9-14)4-3-5-13/h16H,3-10,14H2,1-2H3,(H,15,17). The molecule has 1 amide bonds. The number of hydrogen-bond donors (Lipinski definition) is 3. The van der Waals surface area contributed by atoms with Gasteiger partial charge in [0.2, 0.25) is 5.91 Å². The van der Waals surface area contributed by atoms with Crippen molar-refractivity contribution in [3.05, 3.63) is 0 Å². The van der Waals surface area contributed by atoms with Crippen LogP contribution in [-0.2, 0) is 4.79 Å². The summed E-state index contributed by atoms with van der Waals surface area (Å²) in [6, 6.07) is 0. The zero-order valence-electron chi connectivity index (χ0n) is 11.1. The number of aliphatic hydroxyl groups excluding tert-OH is 1. The van der Waals surface area contributed by atoms with Crippen LogP contribution in [0.5, 0.6) is 0 Å². The van der Waals surface area contributed by atoms with Gasteiger partial charge in [-0.2, -0.15) is 0 Å². The quantitative estimate of drug-likeness (QED) is 0.624. The van der Waals surface area contributed by atoms with Crippen LogP contribution in [0.3, 0.4) is 0 Å². The highest BCUT2D eigenvalue weighted by molar-refractivity contribution is 5.76. The van der Waals surface area contributed by atoms with Gasteiger partial charge in [0.25, 0.3) is 0 Å². The van der Waals surface area contributed by atoms with Crippen molar-refractivity contribution in [2.75, 3.05) is 19.7 Å². The number of nitrogens with one attached hydrogen (secondary N) is 1. The van der Waals surface area contributed by atoms with E-state index in [1.165, 1.54) is 6.42 Å². The van der Waals surface area contributed by atoms with E-state index in [4.69, 9.17) is 10.8 Å². The highest BCUT2D eigenvalue weighted by atomic mass is 16.3. The lowest BCUT2D eigenvalue weighted by atomic mass is 9.66. The second-order valence-electron chi connectivity index (χ2n) is 6.15. The Hall–Kier alpha value is -0.610. The van der Waals surface area contributed by atoms with E-state index < -0.39 is 0 Å². The summed E-state index contributed by atoms with van der Waals surface area (Å²) in [5, 5.41) is 11.9. The lowest BCUT2D eigenvalue weighted by Gasteiger charge is -2.40. The molecule has 1 saturated carbocycles. The van der Waals surface area contributed by atoms with Gasteiger partial charge in [0.15, 0.2) is 0 Å². The molecule has 0 unspecified atom stereocenters. The Bertz CT molecular complexity index is 255. The number of hydrogen-bond acceptors (Lipinski definition) is 3. The SMILES string of the molecule is CC(C)(CCO)CNC(=O)CC1(CN)CCC1. The van der Waals surface area contributed by atoms with Gasteiger partial charge in [0, 0.05) is 19.6 Å². The molecule has 0 spiro atoms. The molecule has 4 heteroatoms. The van der Waals surface area contributed by atoms with E-state index in [2.05, 4.69) is 5.32 Å². The first kappa shape index (κ1) is 14.5. The van der Waals surface area contributed by atoms with Crippen LogP contribution in [0.15, 0.2) is 0 Å². The summed E-state index contributed by atoms with van der Waals surface area (Å²) < 4.78 is 0. The van der Waals surface area contributed by atoms with Crippen molar-refractivity contribution >= 4 is 5.91 Å². The number of carbonyl (C=O) groups is 1. The van der Waals surface area contributed by atoms with Crippen LogP contribution in [0.1, 0.15) is 46.0 Å². The van der Waals surface area contributed by atoms with E-state index in [0.29, 0.717) is 25.9 Å². The molecule has 0 bridgehead atoms. The van der Waals surface area contributed by atoms with Gasteiger partial charge in [0.05, 0.1) is 0 Å². The Morgan fingerprint density at radius 1 is 1.47 bits per heavy atom. The lowest BCUT2D eigenvalue weighted by molar-refractivity contribution is -0.125. The van der Waals surface area contributed by atoms with E-state index in [9.17, 15) is 4.79 Å². The van der Waals surface area contributed by atoms with Crippen molar-refractivity contribution in [3.63, 3.8) is 0 Å². The Kier molecular flexibility index (Phi) is 4.95. The first-order chi connectivity index (χ1) is 7.93. The number of rotatable bonds is 7. The van der Waals surface area contributed by atoms with Crippen LogP contribution in [-0.4, -0.2) is 30.7 Å². The predicted octanol–water partition coefficient (Wildman–Crippen LogP) is 1.03. The molecule has 1 rings (SSSR count). The van der Waals surface area contributed by atoms with Crippen LogP contribution < -0.4 is 11.1 Å². The van der Waals surface area contributed by atoms with Crippen LogP contribution in [0.4, 0.5) is 0 Å². The molecule has 0 aliphatic heterocycles. The molecule has 0 saturated heterocycles. The summed E-state index contributed by atoms with van der Waals surface area (Å²) in [6.07, 6.45) is 4.61. The van der Waals surface area contributed by atoms with Crippen LogP contribution in [0, 0.1) is 10.8 Å². The van der Waals surface area contributed by atoms with Crippen molar-refractivity contribution in [3.8, 4) is 0 Å². The van der Waals surface area contributed by atoms with E-state index in [1.807, 2.05) is 13.8 Å². The monoisotopic (exact) mass is 242 g/mol. The first-order valence-electron chi connectivity index (χ1n) is 6.51. The third-order valence-corrected chi connectivity index (χ3v) is 3.94. The average Bonchev–Trinajstić information content (AvgIpc) is 2.21. The van der Waals surface area contributed by atoms with Crippen molar-refractivity contribution in [1.29, 1.82) is 0 Å². The zero-order chi connectivity index (χ0) is 12.9. The van der Waals surface area contributed by atoms with Gasteiger partial charge in [-0.3, -0.25) is 4.79 Å². The fourth-order valence-corrected chi connectivity index (χ4v) is 2.26. The lowest BCUT2D eigenvalue weighted by Crippen LogP contribution is -2.43. The zero-order valence-corrected chi connectivity index (χ0v) is 11.1. The second kappa shape index (κ2) is 5.83. The first-order valence-corrected chi connectivity index (χ1v) is 6.51. The molecule has 17 heavy (non-hydrogen) atoms. The molecule has 0 aromatic carbocycles. The highest BCUT2D eigenvalue weighted by Gasteiger charge is 2.37. The Morgan fingerprint density at radius 3 is 2.53 bits per heavy atom. The third-order valence-electron chi connectivity index (χ3n) is 3.94. The second-order valence-corrected chi connectivity index (χ2v) is 6.15. The van der Waals surface area contributed by atoms with Gasteiger partial charge in [-0.25, -0.2) is 0 Å². The third kappa shape index (κ3) is 4.28. The minimum Gasteiger partial charge on any atom is -0.396 e. The summed E-state index contributed by atoms with van der Waals surface area (Å²) in [4.78, 5) is 11.8. The van der Waals surface area contributed by atoms with Crippen LogP contribution in [0.2, 0.25) is 0 Å². The Balaban J connectivity index is 2.30. The maximum absolute atomic E-state index is 11.8. The molecule has 1 aliphatic carbocycles. The summed E-state index contributed by atoms with van der Waals surface area (Å²) in [5.74, 6) is 0.0983. The van der Waals surface area contributed by atoms with Gasteiger partial charge < -0.3 is 16.2 Å². The topological polar surface area (TPSA) is 75.3 Å². The van der Waals surface area contributed by atoms with Gasteiger partial charge >= 0.3 is 0 Å². The Labute approximate surface area is 104 Å². The summed E-state index contributed by atoms with van der Waals surface area (Å²) in [6.45, 7) is 5.49. The van der Waals surface area contributed by atoms with Gasteiger partial charge in [-0.15, -0.1) is 0 Å². The van der Waals surface area contributed by atoms with Crippen LogP contribution in [0.25, 0.3) is 0 Å². The fraction of sp³-hybridized carbons (Fsp3) is 0.923. The van der Waals surface area contributed by atoms with E-state index in [0.717, 1.165) is 12.8 Å². The molecule has 4 N–H and O–H groups in total. The van der Waals surface area contributed by atoms with Crippen molar-refractivity contribution in [2.24, 2.45) is 16.6 Å². The highest BCUT2D eigenvalue weighted by Crippen LogP contribution is 2.42. The molecule has 0 aromatic heterocycles. The molecule has 1 fully saturated rings. The average molecular weight is 242 g/mol. The normalized spacial score (nSPS) is 18.6. The predicted molar refractivity (Wildman–Crippen MR) is 68.4 cm³/mol. The molecule has 0 radical (unpaired) electrons. The van der Waals surface area contributed by atoms with E-state index in [-0.39, 0.29) is 23.3 Å². The summed E-state index contributed by atoms with van der Waals surface area (Å²) >= 11 is 0. The van der Waals surface area contributed by atoms with Crippen LogP contribution >= 0.6 is 0 Å². The molecule has 100 valence electrons. The Morgan fingerprint density at radius 2 is 2.12 bits per heavy atom. The summed E-state index contributed by atoms with van der Waals surface area (Å²) in [5.41, 5.74) is 5.77. The fourth-order valence-electron chi connectivity index (χ4n) is 2.26. The van der Waals surface area contributed by atoms with Crippen molar-refractivity contribution in [2.45, 2.75) is 46.0 Å². The minimum absolute atomic E-state index is 0.0418. The molecule has 0 aromatic rings. The molecule has 0 heterocycles. The van der Waals surface area contributed by atoms with Crippen molar-refractivity contribution < 1.29 is 9.90 Å². The molecular formula is C13H26N2O2. The van der Waals surface area contributed by atoms with Crippen molar-refractivity contribution in [1.82, 2.24) is 5.32 Å². The molecule has 4 nitrogen and oxygen atoms in total. The molecular weight excluding hydrogens is 216 g/mol. The number of amides is 1. The maximum atomic E-state index is 11.8. The van der Waals surface area contributed by atoms with Gasteiger partial charge in [-0.05, 0) is 36.6 Å². The number of carbonyl (C=O) groups excluding carboxylic acids is 1. The smallest absolute Gasteiger partial charge is 0.220 e. The number of nitrogens with two attached hydrogens (primary N) is 1. The van der Waals surface area contributed by atoms with E-state index in [1.54, 1.807) is 0 Å². The molecule has 1 aliphatic rings.